The standard InChI is InChI=1S/C18H20O5/c1-3-18(19)23-12-11-21-15-7-8-16-14(13-15)5-4-6-17(16)22-10-9-20-2/h3-8,13H,1,9-12H2,2H3. The van der Waals surface area contributed by atoms with Crippen LogP contribution in [0.2, 0.25) is 0 Å². The molecule has 2 aromatic rings. The van der Waals surface area contributed by atoms with E-state index in [1.165, 1.54) is 0 Å². The average Bonchev–Trinajstić information content (AvgIpc) is 2.58. The summed E-state index contributed by atoms with van der Waals surface area (Å²) in [5, 5.41) is 2.02. The second-order valence-electron chi connectivity index (χ2n) is 4.70. The molecule has 0 spiro atoms. The first-order valence-electron chi connectivity index (χ1n) is 7.31. The lowest BCUT2D eigenvalue weighted by Crippen LogP contribution is -2.10. The van der Waals surface area contributed by atoms with Crippen molar-refractivity contribution in [3.8, 4) is 11.5 Å². The molecule has 5 nitrogen and oxygen atoms in total. The van der Waals surface area contributed by atoms with Crippen LogP contribution in [-0.4, -0.2) is 39.5 Å². The predicted molar refractivity (Wildman–Crippen MR) is 88.0 cm³/mol. The molecule has 0 bridgehead atoms. The Bertz CT molecular complexity index is 666. The van der Waals surface area contributed by atoms with Gasteiger partial charge in [-0.1, -0.05) is 18.7 Å². The number of fused-ring (bicyclic) bond motifs is 1. The fourth-order valence-corrected chi connectivity index (χ4v) is 2.04. The third kappa shape index (κ3) is 5.00. The SMILES string of the molecule is C=CC(=O)OCCOc1ccc2c(OCCOC)cccc2c1. The van der Waals surface area contributed by atoms with Crippen LogP contribution in [0.5, 0.6) is 11.5 Å². The largest absolute Gasteiger partial charge is 0.491 e. The van der Waals surface area contributed by atoms with Crippen molar-refractivity contribution in [1.29, 1.82) is 0 Å². The minimum Gasteiger partial charge on any atom is -0.491 e. The molecule has 0 radical (unpaired) electrons. The second-order valence-corrected chi connectivity index (χ2v) is 4.70. The van der Waals surface area contributed by atoms with E-state index in [1.807, 2.05) is 36.4 Å². The summed E-state index contributed by atoms with van der Waals surface area (Å²) in [5.74, 6) is 1.07. The zero-order valence-electron chi connectivity index (χ0n) is 13.1. The molecule has 122 valence electrons. The molecule has 0 aliphatic carbocycles. The van der Waals surface area contributed by atoms with Crippen molar-refractivity contribution in [2.75, 3.05) is 33.5 Å². The third-order valence-electron chi connectivity index (χ3n) is 3.12. The Morgan fingerprint density at radius 3 is 2.70 bits per heavy atom. The highest BCUT2D eigenvalue weighted by atomic mass is 16.6. The number of carbonyl (C=O) groups excluding carboxylic acids is 1. The van der Waals surface area contributed by atoms with Gasteiger partial charge in [0.1, 0.15) is 31.3 Å². The topological polar surface area (TPSA) is 54.0 Å². The molecule has 0 heterocycles. The van der Waals surface area contributed by atoms with Crippen molar-refractivity contribution in [3.63, 3.8) is 0 Å². The summed E-state index contributed by atoms with van der Waals surface area (Å²) in [6.45, 7) is 4.85. The van der Waals surface area contributed by atoms with Gasteiger partial charge in [-0.3, -0.25) is 0 Å². The zero-order valence-corrected chi connectivity index (χ0v) is 13.1. The molecule has 0 aliphatic heterocycles. The van der Waals surface area contributed by atoms with E-state index < -0.39 is 5.97 Å². The van der Waals surface area contributed by atoms with Crippen LogP contribution in [0, 0.1) is 0 Å². The van der Waals surface area contributed by atoms with Crippen LogP contribution < -0.4 is 9.47 Å². The van der Waals surface area contributed by atoms with Crippen molar-refractivity contribution in [1.82, 2.24) is 0 Å². The van der Waals surface area contributed by atoms with E-state index in [2.05, 4.69) is 6.58 Å². The number of ether oxygens (including phenoxy) is 4. The summed E-state index contributed by atoms with van der Waals surface area (Å²) in [5.41, 5.74) is 0. The summed E-state index contributed by atoms with van der Waals surface area (Å²) in [4.78, 5) is 10.9. The molecule has 2 aromatic carbocycles. The molecule has 2 rings (SSSR count). The first kappa shape index (κ1) is 16.8. The van der Waals surface area contributed by atoms with Gasteiger partial charge in [-0.2, -0.15) is 0 Å². The summed E-state index contributed by atoms with van der Waals surface area (Å²) >= 11 is 0. The minimum atomic E-state index is -0.454. The van der Waals surface area contributed by atoms with E-state index in [1.54, 1.807) is 7.11 Å². The van der Waals surface area contributed by atoms with E-state index >= 15 is 0 Å². The number of hydrogen-bond donors (Lipinski definition) is 0. The van der Waals surface area contributed by atoms with Gasteiger partial charge >= 0.3 is 5.97 Å². The van der Waals surface area contributed by atoms with Crippen molar-refractivity contribution in [3.05, 3.63) is 49.1 Å². The third-order valence-corrected chi connectivity index (χ3v) is 3.12. The number of carbonyl (C=O) groups is 1. The lowest BCUT2D eigenvalue weighted by molar-refractivity contribution is -0.138. The zero-order chi connectivity index (χ0) is 16.5. The molecular formula is C18H20O5. The highest BCUT2D eigenvalue weighted by molar-refractivity contribution is 5.89. The smallest absolute Gasteiger partial charge is 0.330 e. The monoisotopic (exact) mass is 316 g/mol. The second kappa shape index (κ2) is 8.80. The van der Waals surface area contributed by atoms with Crippen LogP contribution in [0.3, 0.4) is 0 Å². The highest BCUT2D eigenvalue weighted by Gasteiger charge is 2.04. The molecule has 0 aromatic heterocycles. The van der Waals surface area contributed by atoms with E-state index in [4.69, 9.17) is 18.9 Å². The normalized spacial score (nSPS) is 10.3. The Kier molecular flexibility index (Phi) is 6.44. The molecule has 5 heteroatoms. The summed E-state index contributed by atoms with van der Waals surface area (Å²) in [6, 6.07) is 11.6. The van der Waals surface area contributed by atoms with Crippen LogP contribution in [-0.2, 0) is 14.3 Å². The summed E-state index contributed by atoms with van der Waals surface area (Å²) in [7, 11) is 1.64. The first-order valence-corrected chi connectivity index (χ1v) is 7.31. The van der Waals surface area contributed by atoms with Gasteiger partial charge in [0.25, 0.3) is 0 Å². The minimum absolute atomic E-state index is 0.184. The van der Waals surface area contributed by atoms with Gasteiger partial charge in [-0.05, 0) is 29.7 Å². The van der Waals surface area contributed by atoms with Crippen LogP contribution in [0.25, 0.3) is 10.8 Å². The average molecular weight is 316 g/mol. The van der Waals surface area contributed by atoms with Crippen LogP contribution in [0.1, 0.15) is 0 Å². The van der Waals surface area contributed by atoms with Crippen molar-refractivity contribution < 1.29 is 23.7 Å². The maximum atomic E-state index is 10.9. The Morgan fingerprint density at radius 2 is 1.91 bits per heavy atom. The van der Waals surface area contributed by atoms with Crippen LogP contribution >= 0.6 is 0 Å². The number of esters is 1. The maximum Gasteiger partial charge on any atom is 0.330 e. The van der Waals surface area contributed by atoms with Crippen molar-refractivity contribution >= 4 is 16.7 Å². The number of benzene rings is 2. The van der Waals surface area contributed by atoms with E-state index in [-0.39, 0.29) is 13.2 Å². The number of methoxy groups -OCH3 is 1. The Hall–Kier alpha value is -2.53. The van der Waals surface area contributed by atoms with Gasteiger partial charge in [0.15, 0.2) is 0 Å². The van der Waals surface area contributed by atoms with E-state index in [0.717, 1.165) is 22.6 Å². The van der Waals surface area contributed by atoms with Crippen molar-refractivity contribution in [2.24, 2.45) is 0 Å². The van der Waals surface area contributed by atoms with Gasteiger partial charge in [-0.15, -0.1) is 0 Å². The maximum absolute atomic E-state index is 10.9. The van der Waals surface area contributed by atoms with Crippen molar-refractivity contribution in [2.45, 2.75) is 0 Å². The molecule has 0 saturated heterocycles. The van der Waals surface area contributed by atoms with E-state index in [9.17, 15) is 4.79 Å². The summed E-state index contributed by atoms with van der Waals surface area (Å²) in [6.07, 6.45) is 1.13. The van der Waals surface area contributed by atoms with Gasteiger partial charge in [0.2, 0.25) is 0 Å². The molecule has 0 amide bonds. The Balaban J connectivity index is 1.98. The van der Waals surface area contributed by atoms with Gasteiger partial charge < -0.3 is 18.9 Å². The van der Waals surface area contributed by atoms with Gasteiger partial charge in [0.05, 0.1) is 6.61 Å². The molecule has 0 N–H and O–H groups in total. The van der Waals surface area contributed by atoms with Crippen LogP contribution in [0.15, 0.2) is 49.1 Å². The molecule has 0 atom stereocenters. The molecular weight excluding hydrogens is 296 g/mol. The molecule has 23 heavy (non-hydrogen) atoms. The molecule has 0 aliphatic rings. The fourth-order valence-electron chi connectivity index (χ4n) is 2.04. The Labute approximate surface area is 135 Å². The van der Waals surface area contributed by atoms with Crippen LogP contribution in [0.4, 0.5) is 0 Å². The molecule has 0 unspecified atom stereocenters. The van der Waals surface area contributed by atoms with Gasteiger partial charge in [-0.25, -0.2) is 4.79 Å². The predicted octanol–water partition coefficient (Wildman–Crippen LogP) is 2.97. The van der Waals surface area contributed by atoms with E-state index in [0.29, 0.717) is 19.0 Å². The Morgan fingerprint density at radius 1 is 1.09 bits per heavy atom. The van der Waals surface area contributed by atoms with Gasteiger partial charge in [0, 0.05) is 18.6 Å². The highest BCUT2D eigenvalue weighted by Crippen LogP contribution is 2.28. The lowest BCUT2D eigenvalue weighted by atomic mass is 10.1. The number of hydrogen-bond acceptors (Lipinski definition) is 5. The molecule has 0 fully saturated rings. The molecule has 0 saturated carbocycles. The fraction of sp³-hybridized carbons (Fsp3) is 0.278. The lowest BCUT2D eigenvalue weighted by Gasteiger charge is -2.11. The number of rotatable bonds is 9. The summed E-state index contributed by atoms with van der Waals surface area (Å²) < 4.78 is 21.1. The first-order chi connectivity index (χ1) is 11.2. The quantitative estimate of drug-likeness (QED) is 0.404.